The van der Waals surface area contributed by atoms with Crippen LogP contribution in [0.2, 0.25) is 0 Å². The molecule has 2 N–H and O–H groups in total. The molecule has 1 fully saturated rings. The van der Waals surface area contributed by atoms with Crippen LogP contribution < -0.4 is 0 Å². The van der Waals surface area contributed by atoms with E-state index in [-0.39, 0.29) is 24.9 Å². The quantitative estimate of drug-likeness (QED) is 0.618. The molecular formula is C8H13NO4. The van der Waals surface area contributed by atoms with E-state index in [2.05, 4.69) is 0 Å². The number of carboxylic acids is 1. The number of carbonyl (C=O) groups excluding carboxylic acids is 1. The average molecular weight is 187 g/mol. The van der Waals surface area contributed by atoms with E-state index in [0.717, 1.165) is 0 Å². The monoisotopic (exact) mass is 187 g/mol. The standard InChI is InChI=1S/C8H13NO4/c10-6-4-9(5-6)7(11)2-1-3-8(12)13/h6,10H,1-5H2,(H,12,13). The number of rotatable bonds is 4. The minimum Gasteiger partial charge on any atom is -0.481 e. The molecule has 0 aromatic rings. The van der Waals surface area contributed by atoms with E-state index in [9.17, 15) is 9.59 Å². The van der Waals surface area contributed by atoms with Crippen LogP contribution in [0, 0.1) is 0 Å². The van der Waals surface area contributed by atoms with Gasteiger partial charge in [-0.1, -0.05) is 0 Å². The van der Waals surface area contributed by atoms with Crippen LogP contribution >= 0.6 is 0 Å². The van der Waals surface area contributed by atoms with Crippen molar-refractivity contribution >= 4 is 11.9 Å². The number of carbonyl (C=O) groups is 2. The van der Waals surface area contributed by atoms with E-state index in [1.165, 1.54) is 4.90 Å². The summed E-state index contributed by atoms with van der Waals surface area (Å²) < 4.78 is 0. The van der Waals surface area contributed by atoms with Crippen molar-refractivity contribution < 1.29 is 19.8 Å². The summed E-state index contributed by atoms with van der Waals surface area (Å²) in [5.74, 6) is -0.942. The summed E-state index contributed by atoms with van der Waals surface area (Å²) in [6.45, 7) is 0.789. The Morgan fingerprint density at radius 1 is 1.31 bits per heavy atom. The van der Waals surface area contributed by atoms with Gasteiger partial charge in [-0.3, -0.25) is 9.59 Å². The summed E-state index contributed by atoms with van der Waals surface area (Å²) in [5.41, 5.74) is 0. The summed E-state index contributed by atoms with van der Waals surface area (Å²) in [5, 5.41) is 17.2. The number of aliphatic hydroxyl groups is 1. The molecule has 74 valence electrons. The second-order valence-electron chi connectivity index (χ2n) is 3.20. The van der Waals surface area contributed by atoms with Crippen LogP contribution in [0.4, 0.5) is 0 Å². The SMILES string of the molecule is O=C(O)CCCC(=O)N1CC(O)C1. The Hall–Kier alpha value is -1.10. The van der Waals surface area contributed by atoms with Gasteiger partial charge < -0.3 is 15.1 Å². The first-order valence-corrected chi connectivity index (χ1v) is 4.27. The summed E-state index contributed by atoms with van der Waals surface area (Å²) >= 11 is 0. The number of hydrogen-bond acceptors (Lipinski definition) is 3. The summed E-state index contributed by atoms with van der Waals surface area (Å²) in [4.78, 5) is 22.8. The van der Waals surface area contributed by atoms with Gasteiger partial charge in [-0.05, 0) is 6.42 Å². The number of β-amino-alcohol motifs (C(OH)–C–C–N with tert-alkyl or cyclic N) is 1. The van der Waals surface area contributed by atoms with E-state index in [4.69, 9.17) is 10.2 Å². The number of aliphatic carboxylic acids is 1. The highest BCUT2D eigenvalue weighted by Gasteiger charge is 2.27. The number of likely N-dealkylation sites (tertiary alicyclic amines) is 1. The highest BCUT2D eigenvalue weighted by atomic mass is 16.4. The van der Waals surface area contributed by atoms with Gasteiger partial charge in [0.15, 0.2) is 0 Å². The molecule has 0 saturated carbocycles. The maximum Gasteiger partial charge on any atom is 0.303 e. The largest absolute Gasteiger partial charge is 0.481 e. The Bertz CT molecular complexity index is 210. The zero-order valence-electron chi connectivity index (χ0n) is 7.27. The van der Waals surface area contributed by atoms with Gasteiger partial charge in [-0.15, -0.1) is 0 Å². The molecule has 1 aliphatic heterocycles. The fourth-order valence-electron chi connectivity index (χ4n) is 1.21. The normalized spacial score (nSPS) is 16.8. The van der Waals surface area contributed by atoms with Crippen molar-refractivity contribution in [3.8, 4) is 0 Å². The lowest BCUT2D eigenvalue weighted by molar-refractivity contribution is -0.141. The van der Waals surface area contributed by atoms with E-state index in [0.29, 0.717) is 19.5 Å². The van der Waals surface area contributed by atoms with Crippen molar-refractivity contribution in [2.24, 2.45) is 0 Å². The van der Waals surface area contributed by atoms with Crippen LogP contribution in [0.1, 0.15) is 19.3 Å². The fraction of sp³-hybridized carbons (Fsp3) is 0.750. The Morgan fingerprint density at radius 2 is 1.92 bits per heavy atom. The van der Waals surface area contributed by atoms with Gasteiger partial charge in [-0.25, -0.2) is 0 Å². The van der Waals surface area contributed by atoms with Crippen molar-refractivity contribution in [2.45, 2.75) is 25.4 Å². The molecule has 5 nitrogen and oxygen atoms in total. The predicted molar refractivity (Wildman–Crippen MR) is 44.1 cm³/mol. The van der Waals surface area contributed by atoms with Crippen LogP contribution in [0.25, 0.3) is 0 Å². The molecule has 0 aromatic carbocycles. The van der Waals surface area contributed by atoms with Crippen LogP contribution in [-0.4, -0.2) is 46.2 Å². The molecule has 0 aromatic heterocycles. The molecule has 13 heavy (non-hydrogen) atoms. The first-order valence-electron chi connectivity index (χ1n) is 4.27. The van der Waals surface area contributed by atoms with Gasteiger partial charge >= 0.3 is 5.97 Å². The van der Waals surface area contributed by atoms with Gasteiger partial charge in [-0.2, -0.15) is 0 Å². The molecule has 0 spiro atoms. The molecule has 0 aliphatic carbocycles. The minimum absolute atomic E-state index is 0.0299. The highest BCUT2D eigenvalue weighted by Crippen LogP contribution is 2.10. The third-order valence-electron chi connectivity index (χ3n) is 2.00. The maximum absolute atomic E-state index is 11.2. The molecule has 0 bridgehead atoms. The summed E-state index contributed by atoms with van der Waals surface area (Å²) in [6.07, 6.45) is 0.283. The number of hydrogen-bond donors (Lipinski definition) is 2. The van der Waals surface area contributed by atoms with Crippen molar-refractivity contribution in [3.63, 3.8) is 0 Å². The van der Waals surface area contributed by atoms with Crippen molar-refractivity contribution in [2.75, 3.05) is 13.1 Å². The van der Waals surface area contributed by atoms with Crippen molar-refractivity contribution in [1.29, 1.82) is 0 Å². The molecule has 1 amide bonds. The Labute approximate surface area is 76.0 Å². The second kappa shape index (κ2) is 4.23. The molecule has 1 saturated heterocycles. The Kier molecular flexibility index (Phi) is 3.25. The van der Waals surface area contributed by atoms with Gasteiger partial charge in [0.05, 0.1) is 6.10 Å². The molecule has 1 rings (SSSR count). The average Bonchev–Trinajstić information content (AvgIpc) is 1.97. The lowest BCUT2D eigenvalue weighted by Crippen LogP contribution is -2.53. The lowest BCUT2D eigenvalue weighted by Gasteiger charge is -2.35. The third kappa shape index (κ3) is 3.02. The topological polar surface area (TPSA) is 77.8 Å². The second-order valence-corrected chi connectivity index (χ2v) is 3.20. The van der Waals surface area contributed by atoms with E-state index in [1.807, 2.05) is 0 Å². The minimum atomic E-state index is -0.878. The third-order valence-corrected chi connectivity index (χ3v) is 2.00. The molecule has 1 aliphatic rings. The van der Waals surface area contributed by atoms with Gasteiger partial charge in [0.1, 0.15) is 0 Å². The number of carboxylic acid groups (broad SMARTS) is 1. The zero-order valence-corrected chi connectivity index (χ0v) is 7.27. The van der Waals surface area contributed by atoms with Gasteiger partial charge in [0.25, 0.3) is 0 Å². The van der Waals surface area contributed by atoms with Gasteiger partial charge in [0.2, 0.25) is 5.91 Å². The highest BCUT2D eigenvalue weighted by molar-refractivity contribution is 5.77. The van der Waals surface area contributed by atoms with Crippen LogP contribution in [0.3, 0.4) is 0 Å². The summed E-state index contributed by atoms with van der Waals surface area (Å²) in [7, 11) is 0. The molecule has 0 atom stereocenters. The maximum atomic E-state index is 11.2. The number of amides is 1. The summed E-state index contributed by atoms with van der Waals surface area (Å²) in [6, 6.07) is 0. The molecule has 0 unspecified atom stereocenters. The van der Waals surface area contributed by atoms with Crippen LogP contribution in [-0.2, 0) is 9.59 Å². The van der Waals surface area contributed by atoms with Crippen molar-refractivity contribution in [3.05, 3.63) is 0 Å². The fourth-order valence-corrected chi connectivity index (χ4v) is 1.21. The van der Waals surface area contributed by atoms with Crippen LogP contribution in [0.5, 0.6) is 0 Å². The molecule has 0 radical (unpaired) electrons. The first kappa shape index (κ1) is 9.98. The number of nitrogens with zero attached hydrogens (tertiary/aromatic N) is 1. The predicted octanol–water partition coefficient (Wildman–Crippen LogP) is -0.556. The van der Waals surface area contributed by atoms with Crippen molar-refractivity contribution in [1.82, 2.24) is 4.90 Å². The first-order chi connectivity index (χ1) is 6.09. The van der Waals surface area contributed by atoms with Gasteiger partial charge in [0, 0.05) is 25.9 Å². The molecule has 1 heterocycles. The lowest BCUT2D eigenvalue weighted by atomic mass is 10.1. The van der Waals surface area contributed by atoms with Crippen LogP contribution in [0.15, 0.2) is 0 Å². The molecule has 5 heteroatoms. The Balaban J connectivity index is 2.08. The smallest absolute Gasteiger partial charge is 0.303 e. The van der Waals surface area contributed by atoms with E-state index in [1.54, 1.807) is 0 Å². The zero-order chi connectivity index (χ0) is 9.84. The molecular weight excluding hydrogens is 174 g/mol. The van der Waals surface area contributed by atoms with E-state index < -0.39 is 5.97 Å². The van der Waals surface area contributed by atoms with E-state index >= 15 is 0 Å². The number of aliphatic hydroxyl groups excluding tert-OH is 1. The Morgan fingerprint density at radius 3 is 2.38 bits per heavy atom.